The van der Waals surface area contributed by atoms with Crippen LogP contribution in [-0.2, 0) is 4.74 Å². The second-order valence-corrected chi connectivity index (χ2v) is 4.85. The van der Waals surface area contributed by atoms with Crippen molar-refractivity contribution in [1.82, 2.24) is 5.32 Å². The van der Waals surface area contributed by atoms with E-state index in [2.05, 4.69) is 25.2 Å². The van der Waals surface area contributed by atoms with Gasteiger partial charge in [-0.1, -0.05) is 32.0 Å². The fourth-order valence-electron chi connectivity index (χ4n) is 1.78. The molecule has 4 nitrogen and oxygen atoms in total. The molecule has 0 saturated heterocycles. The van der Waals surface area contributed by atoms with Crippen molar-refractivity contribution in [3.8, 4) is 5.75 Å². The van der Waals surface area contributed by atoms with Crippen LogP contribution in [0.5, 0.6) is 5.75 Å². The fraction of sp³-hybridized carbons (Fsp3) is 0.600. The van der Waals surface area contributed by atoms with Gasteiger partial charge in [-0.25, -0.2) is 0 Å². The topological polar surface area (TPSA) is 50.7 Å². The molecule has 0 fully saturated rings. The van der Waals surface area contributed by atoms with Crippen molar-refractivity contribution < 1.29 is 14.6 Å². The molecule has 0 radical (unpaired) electrons. The van der Waals surface area contributed by atoms with Crippen molar-refractivity contribution >= 4 is 0 Å². The van der Waals surface area contributed by atoms with Crippen molar-refractivity contribution in [2.45, 2.75) is 25.9 Å². The second kappa shape index (κ2) is 8.91. The van der Waals surface area contributed by atoms with Crippen molar-refractivity contribution in [2.24, 2.45) is 0 Å². The van der Waals surface area contributed by atoms with E-state index in [0.29, 0.717) is 25.7 Å². The molecule has 19 heavy (non-hydrogen) atoms. The first-order valence-electron chi connectivity index (χ1n) is 6.74. The monoisotopic (exact) mass is 267 g/mol. The number of nitrogens with one attached hydrogen (secondary N) is 1. The molecule has 1 unspecified atom stereocenters. The molecule has 4 heteroatoms. The average molecular weight is 267 g/mol. The molecule has 0 heterocycles. The Morgan fingerprint density at radius 2 is 2.00 bits per heavy atom. The third kappa shape index (κ3) is 6.05. The number of methoxy groups -OCH3 is 1. The molecule has 0 aliphatic carbocycles. The Labute approximate surface area is 115 Å². The van der Waals surface area contributed by atoms with Crippen LogP contribution in [-0.4, -0.2) is 44.6 Å². The molecule has 0 aromatic heterocycles. The lowest BCUT2D eigenvalue weighted by atomic mass is 10.0. The maximum atomic E-state index is 9.81. The number of aliphatic hydroxyl groups is 1. The standard InChI is InChI=1S/C15H25NO3/c1-12(2)14-6-4-5-7-15(14)19-11-13(17)10-16-8-9-18-3/h4-7,12-13,16-17H,8-11H2,1-3H3. The molecular weight excluding hydrogens is 242 g/mol. The van der Waals surface area contributed by atoms with Gasteiger partial charge in [-0.3, -0.25) is 0 Å². The molecule has 108 valence electrons. The number of para-hydroxylation sites is 1. The van der Waals surface area contributed by atoms with E-state index in [-0.39, 0.29) is 0 Å². The van der Waals surface area contributed by atoms with Crippen LogP contribution >= 0.6 is 0 Å². The maximum Gasteiger partial charge on any atom is 0.122 e. The van der Waals surface area contributed by atoms with E-state index >= 15 is 0 Å². The first kappa shape index (κ1) is 16.0. The molecular formula is C15H25NO3. The largest absolute Gasteiger partial charge is 0.491 e. The van der Waals surface area contributed by atoms with Crippen LogP contribution < -0.4 is 10.1 Å². The molecule has 0 aliphatic heterocycles. The molecule has 0 aliphatic rings. The van der Waals surface area contributed by atoms with E-state index in [0.717, 1.165) is 12.3 Å². The number of benzene rings is 1. The summed E-state index contributed by atoms with van der Waals surface area (Å²) in [5, 5.41) is 12.9. The van der Waals surface area contributed by atoms with Gasteiger partial charge in [0.15, 0.2) is 0 Å². The first-order valence-corrected chi connectivity index (χ1v) is 6.74. The van der Waals surface area contributed by atoms with Crippen molar-refractivity contribution in [2.75, 3.05) is 33.4 Å². The summed E-state index contributed by atoms with van der Waals surface area (Å²) in [5.41, 5.74) is 1.17. The van der Waals surface area contributed by atoms with Crippen LogP contribution in [0.1, 0.15) is 25.3 Å². The predicted molar refractivity (Wildman–Crippen MR) is 76.8 cm³/mol. The predicted octanol–water partition coefficient (Wildman–Crippen LogP) is 1.79. The van der Waals surface area contributed by atoms with Crippen molar-refractivity contribution in [3.05, 3.63) is 29.8 Å². The summed E-state index contributed by atoms with van der Waals surface area (Å²) in [6.45, 7) is 6.44. The zero-order valence-electron chi connectivity index (χ0n) is 12.1. The smallest absolute Gasteiger partial charge is 0.122 e. The summed E-state index contributed by atoms with van der Waals surface area (Å²) in [6.07, 6.45) is -0.517. The maximum absolute atomic E-state index is 9.81. The van der Waals surface area contributed by atoms with Gasteiger partial charge in [0.25, 0.3) is 0 Å². The molecule has 0 amide bonds. The molecule has 0 spiro atoms. The minimum absolute atomic E-state index is 0.295. The highest BCUT2D eigenvalue weighted by Crippen LogP contribution is 2.25. The van der Waals surface area contributed by atoms with E-state index in [1.807, 2.05) is 18.2 Å². The molecule has 0 saturated carbocycles. The van der Waals surface area contributed by atoms with Crippen LogP contribution in [0.3, 0.4) is 0 Å². The van der Waals surface area contributed by atoms with Gasteiger partial charge in [0, 0.05) is 20.2 Å². The van der Waals surface area contributed by atoms with Gasteiger partial charge in [0.1, 0.15) is 18.5 Å². The molecule has 0 bridgehead atoms. The van der Waals surface area contributed by atoms with Crippen molar-refractivity contribution in [1.29, 1.82) is 0 Å². The second-order valence-electron chi connectivity index (χ2n) is 4.85. The Kier molecular flexibility index (Phi) is 7.48. The van der Waals surface area contributed by atoms with Gasteiger partial charge in [0.05, 0.1) is 6.61 Å². The lowest BCUT2D eigenvalue weighted by molar-refractivity contribution is 0.103. The number of aliphatic hydroxyl groups excluding tert-OH is 1. The van der Waals surface area contributed by atoms with Gasteiger partial charge in [-0.2, -0.15) is 0 Å². The number of rotatable bonds is 9. The molecule has 1 rings (SSSR count). The molecule has 1 atom stereocenters. The lowest BCUT2D eigenvalue weighted by Crippen LogP contribution is -2.33. The highest BCUT2D eigenvalue weighted by Gasteiger charge is 2.09. The van der Waals surface area contributed by atoms with Gasteiger partial charge in [0.2, 0.25) is 0 Å². The van der Waals surface area contributed by atoms with Gasteiger partial charge in [-0.15, -0.1) is 0 Å². The summed E-state index contributed by atoms with van der Waals surface area (Å²) < 4.78 is 10.6. The van der Waals surface area contributed by atoms with E-state index in [9.17, 15) is 5.11 Å². The Bertz CT molecular complexity index is 355. The third-order valence-electron chi connectivity index (χ3n) is 2.84. The Morgan fingerprint density at radius 3 is 2.68 bits per heavy atom. The van der Waals surface area contributed by atoms with Crippen LogP contribution in [0, 0.1) is 0 Å². The summed E-state index contributed by atoms with van der Waals surface area (Å²) in [6, 6.07) is 7.96. The van der Waals surface area contributed by atoms with E-state index < -0.39 is 6.10 Å². The zero-order chi connectivity index (χ0) is 14.1. The third-order valence-corrected chi connectivity index (χ3v) is 2.84. The SMILES string of the molecule is COCCNCC(O)COc1ccccc1C(C)C. The quantitative estimate of drug-likeness (QED) is 0.670. The lowest BCUT2D eigenvalue weighted by Gasteiger charge is -2.16. The van der Waals surface area contributed by atoms with E-state index in [1.54, 1.807) is 7.11 Å². The highest BCUT2D eigenvalue weighted by atomic mass is 16.5. The van der Waals surface area contributed by atoms with Gasteiger partial charge < -0.3 is 19.9 Å². The van der Waals surface area contributed by atoms with Crippen LogP contribution in [0.25, 0.3) is 0 Å². The molecule has 2 N–H and O–H groups in total. The Hall–Kier alpha value is -1.10. The average Bonchev–Trinajstić information content (AvgIpc) is 2.41. The van der Waals surface area contributed by atoms with E-state index in [4.69, 9.17) is 9.47 Å². The number of hydrogen-bond donors (Lipinski definition) is 2. The number of ether oxygens (including phenoxy) is 2. The molecule has 1 aromatic rings. The van der Waals surface area contributed by atoms with Crippen LogP contribution in [0.15, 0.2) is 24.3 Å². The van der Waals surface area contributed by atoms with E-state index in [1.165, 1.54) is 5.56 Å². The first-order chi connectivity index (χ1) is 9.15. The summed E-state index contributed by atoms with van der Waals surface area (Å²) in [7, 11) is 1.66. The molecule has 1 aromatic carbocycles. The summed E-state index contributed by atoms with van der Waals surface area (Å²) in [5.74, 6) is 1.27. The Morgan fingerprint density at radius 1 is 1.26 bits per heavy atom. The summed E-state index contributed by atoms with van der Waals surface area (Å²) in [4.78, 5) is 0. The normalized spacial score (nSPS) is 12.7. The van der Waals surface area contributed by atoms with Crippen LogP contribution in [0.2, 0.25) is 0 Å². The summed E-state index contributed by atoms with van der Waals surface area (Å²) >= 11 is 0. The van der Waals surface area contributed by atoms with Gasteiger partial charge >= 0.3 is 0 Å². The Balaban J connectivity index is 2.35. The fourth-order valence-corrected chi connectivity index (χ4v) is 1.78. The zero-order valence-corrected chi connectivity index (χ0v) is 12.1. The highest BCUT2D eigenvalue weighted by molar-refractivity contribution is 5.35. The van der Waals surface area contributed by atoms with Gasteiger partial charge in [-0.05, 0) is 17.5 Å². The minimum Gasteiger partial charge on any atom is -0.491 e. The minimum atomic E-state index is -0.517. The van der Waals surface area contributed by atoms with Crippen molar-refractivity contribution in [3.63, 3.8) is 0 Å². The van der Waals surface area contributed by atoms with Crippen LogP contribution in [0.4, 0.5) is 0 Å². The number of hydrogen-bond acceptors (Lipinski definition) is 4.